The third-order valence-electron chi connectivity index (χ3n) is 2.13. The summed E-state index contributed by atoms with van der Waals surface area (Å²) in [6.07, 6.45) is 1.62. The number of aromatic nitrogens is 2. The fourth-order valence-corrected chi connectivity index (χ4v) is 2.09. The second-order valence-electron chi connectivity index (χ2n) is 3.51. The van der Waals surface area contributed by atoms with E-state index in [9.17, 15) is 4.79 Å². The molecule has 0 bridgehead atoms. The number of nitrogens with zero attached hydrogens (tertiary/aromatic N) is 2. The van der Waals surface area contributed by atoms with Crippen LogP contribution in [-0.2, 0) is 0 Å². The van der Waals surface area contributed by atoms with Crippen LogP contribution in [0.25, 0.3) is 0 Å². The molecule has 2 aromatic heterocycles. The minimum absolute atomic E-state index is 0.0186. The molecule has 17 heavy (non-hydrogen) atoms. The molecular weight excluding hydrogens is 242 g/mol. The van der Waals surface area contributed by atoms with E-state index in [-0.39, 0.29) is 11.7 Å². The molecule has 0 aliphatic heterocycles. The summed E-state index contributed by atoms with van der Waals surface area (Å²) < 4.78 is 5.36. The molecule has 90 valence electrons. The Hall–Kier alpha value is -1.89. The number of hydrogen-bond donors (Lipinski definition) is 2. The van der Waals surface area contributed by atoms with Crippen molar-refractivity contribution in [2.75, 3.05) is 5.32 Å². The first-order chi connectivity index (χ1) is 8.08. The zero-order valence-corrected chi connectivity index (χ0v) is 10.1. The fourth-order valence-electron chi connectivity index (χ4n) is 1.33. The lowest BCUT2D eigenvalue weighted by atomic mass is 10.3. The average Bonchev–Trinajstić information content (AvgIpc) is 2.86. The maximum absolute atomic E-state index is 10.9. The third-order valence-corrected chi connectivity index (χ3v) is 2.88. The van der Waals surface area contributed by atoms with Crippen LogP contribution in [0.3, 0.4) is 0 Å². The summed E-state index contributed by atoms with van der Waals surface area (Å²) in [7, 11) is 0. The second-order valence-corrected chi connectivity index (χ2v) is 4.37. The molecule has 0 aliphatic rings. The Morgan fingerprint density at radius 3 is 2.94 bits per heavy atom. The molecule has 0 spiro atoms. The molecule has 6 nitrogen and oxygen atoms in total. The van der Waals surface area contributed by atoms with Crippen molar-refractivity contribution >= 4 is 22.3 Å². The number of aromatic carboxylic acids is 1. The molecule has 2 aromatic rings. The molecule has 1 atom stereocenters. The first-order valence-corrected chi connectivity index (χ1v) is 5.81. The van der Waals surface area contributed by atoms with Crippen molar-refractivity contribution < 1.29 is 14.3 Å². The highest BCUT2D eigenvalue weighted by Crippen LogP contribution is 2.25. The summed E-state index contributed by atoms with van der Waals surface area (Å²) in [5, 5.41) is 12.4. The Morgan fingerprint density at radius 2 is 2.35 bits per heavy atom. The van der Waals surface area contributed by atoms with Gasteiger partial charge in [0.1, 0.15) is 16.8 Å². The molecule has 0 amide bonds. The van der Waals surface area contributed by atoms with E-state index in [0.29, 0.717) is 10.9 Å². The minimum Gasteiger partial charge on any atom is -0.476 e. The molecule has 0 radical (unpaired) electrons. The topological polar surface area (TPSA) is 88.2 Å². The second kappa shape index (κ2) is 4.54. The Kier molecular flexibility index (Phi) is 3.10. The van der Waals surface area contributed by atoms with E-state index >= 15 is 0 Å². The van der Waals surface area contributed by atoms with E-state index in [0.717, 1.165) is 5.76 Å². The van der Waals surface area contributed by atoms with Crippen molar-refractivity contribution in [2.24, 2.45) is 0 Å². The van der Waals surface area contributed by atoms with Crippen LogP contribution in [0.2, 0.25) is 0 Å². The van der Waals surface area contributed by atoms with Gasteiger partial charge in [0.05, 0.1) is 11.7 Å². The van der Waals surface area contributed by atoms with Crippen molar-refractivity contribution in [3.05, 3.63) is 29.1 Å². The van der Waals surface area contributed by atoms with E-state index in [2.05, 4.69) is 15.3 Å². The van der Waals surface area contributed by atoms with Crippen LogP contribution < -0.4 is 5.32 Å². The third kappa shape index (κ3) is 2.44. The maximum Gasteiger partial charge on any atom is 0.357 e. The largest absolute Gasteiger partial charge is 0.476 e. The van der Waals surface area contributed by atoms with Gasteiger partial charge in [-0.3, -0.25) is 0 Å². The van der Waals surface area contributed by atoms with Gasteiger partial charge in [-0.15, -0.1) is 11.3 Å². The highest BCUT2D eigenvalue weighted by Gasteiger charge is 2.18. The molecule has 0 fully saturated rings. The first-order valence-electron chi connectivity index (χ1n) is 4.93. The highest BCUT2D eigenvalue weighted by molar-refractivity contribution is 7.14. The monoisotopic (exact) mass is 253 g/mol. The summed E-state index contributed by atoms with van der Waals surface area (Å²) in [5.74, 6) is 0.188. The van der Waals surface area contributed by atoms with Crippen LogP contribution >= 0.6 is 11.3 Å². The van der Waals surface area contributed by atoms with Gasteiger partial charge in [0.15, 0.2) is 5.69 Å². The number of carbonyl (C=O) groups is 1. The number of rotatable bonds is 4. The van der Waals surface area contributed by atoms with Crippen molar-refractivity contribution in [1.82, 2.24) is 9.97 Å². The summed E-state index contributed by atoms with van der Waals surface area (Å²) in [4.78, 5) is 18.7. The van der Waals surface area contributed by atoms with Gasteiger partial charge in [0.2, 0.25) is 5.89 Å². The SMILES string of the molecule is Cc1cnc(C(C)Nc2scnc2C(=O)O)o1. The Labute approximate surface area is 101 Å². The van der Waals surface area contributed by atoms with Gasteiger partial charge in [-0.1, -0.05) is 0 Å². The van der Waals surface area contributed by atoms with E-state index < -0.39 is 5.97 Å². The zero-order chi connectivity index (χ0) is 12.4. The Balaban J connectivity index is 2.15. The molecule has 0 aliphatic carbocycles. The lowest BCUT2D eigenvalue weighted by molar-refractivity contribution is 0.0692. The van der Waals surface area contributed by atoms with Crippen molar-refractivity contribution in [3.8, 4) is 0 Å². The molecule has 2 N–H and O–H groups in total. The van der Waals surface area contributed by atoms with Crippen LogP contribution in [0.4, 0.5) is 5.00 Å². The predicted molar refractivity (Wildman–Crippen MR) is 62.4 cm³/mol. The molecule has 2 heterocycles. The van der Waals surface area contributed by atoms with E-state index in [1.165, 1.54) is 16.8 Å². The molecule has 2 rings (SSSR count). The van der Waals surface area contributed by atoms with Gasteiger partial charge in [-0.2, -0.15) is 0 Å². The standard InChI is InChI=1S/C10H11N3O3S/c1-5-3-11-8(16-5)6(2)13-9-7(10(14)15)12-4-17-9/h3-4,6,13H,1-2H3,(H,14,15). The van der Waals surface area contributed by atoms with Crippen molar-refractivity contribution in [2.45, 2.75) is 19.9 Å². The molecule has 1 unspecified atom stereocenters. The van der Waals surface area contributed by atoms with E-state index in [1.54, 1.807) is 13.1 Å². The highest BCUT2D eigenvalue weighted by atomic mass is 32.1. The smallest absolute Gasteiger partial charge is 0.357 e. The molecule has 0 aromatic carbocycles. The lowest BCUT2D eigenvalue weighted by Gasteiger charge is -2.09. The van der Waals surface area contributed by atoms with Gasteiger partial charge in [-0.05, 0) is 13.8 Å². The van der Waals surface area contributed by atoms with E-state index in [1.807, 2.05) is 6.92 Å². The number of hydrogen-bond acceptors (Lipinski definition) is 6. The number of carboxylic acid groups (broad SMARTS) is 1. The fraction of sp³-hybridized carbons (Fsp3) is 0.300. The molecule has 0 saturated carbocycles. The predicted octanol–water partition coefficient (Wildman–Crippen LogP) is 2.31. The van der Waals surface area contributed by atoms with Gasteiger partial charge < -0.3 is 14.8 Å². The van der Waals surface area contributed by atoms with Crippen LogP contribution in [0, 0.1) is 6.92 Å². The number of thiazole rings is 1. The van der Waals surface area contributed by atoms with Gasteiger partial charge >= 0.3 is 5.97 Å². The zero-order valence-electron chi connectivity index (χ0n) is 9.30. The van der Waals surface area contributed by atoms with Crippen LogP contribution in [0.15, 0.2) is 16.1 Å². The number of anilines is 1. The number of carboxylic acids is 1. The first kappa shape index (κ1) is 11.6. The average molecular weight is 253 g/mol. The maximum atomic E-state index is 10.9. The molecule has 0 saturated heterocycles. The lowest BCUT2D eigenvalue weighted by Crippen LogP contribution is -2.09. The number of nitrogens with one attached hydrogen (secondary N) is 1. The summed E-state index contributed by atoms with van der Waals surface area (Å²) in [5.41, 5.74) is 1.50. The number of oxazole rings is 1. The van der Waals surface area contributed by atoms with Gasteiger partial charge in [0, 0.05) is 0 Å². The van der Waals surface area contributed by atoms with Crippen LogP contribution in [0.5, 0.6) is 0 Å². The van der Waals surface area contributed by atoms with Crippen LogP contribution in [-0.4, -0.2) is 21.0 Å². The normalized spacial score (nSPS) is 12.4. The Bertz CT molecular complexity index is 534. The van der Waals surface area contributed by atoms with Crippen LogP contribution in [0.1, 0.15) is 35.1 Å². The van der Waals surface area contributed by atoms with Gasteiger partial charge in [-0.25, -0.2) is 14.8 Å². The van der Waals surface area contributed by atoms with E-state index in [4.69, 9.17) is 9.52 Å². The minimum atomic E-state index is -1.05. The quantitative estimate of drug-likeness (QED) is 0.869. The Morgan fingerprint density at radius 1 is 1.59 bits per heavy atom. The van der Waals surface area contributed by atoms with Gasteiger partial charge in [0.25, 0.3) is 0 Å². The number of aryl methyl sites for hydroxylation is 1. The molecular formula is C10H11N3O3S. The molecule has 7 heteroatoms. The van der Waals surface area contributed by atoms with Crippen molar-refractivity contribution in [3.63, 3.8) is 0 Å². The summed E-state index contributed by atoms with van der Waals surface area (Å²) in [6.45, 7) is 3.65. The summed E-state index contributed by atoms with van der Waals surface area (Å²) in [6, 6.07) is -0.206. The summed E-state index contributed by atoms with van der Waals surface area (Å²) >= 11 is 1.24. The van der Waals surface area contributed by atoms with Crippen molar-refractivity contribution in [1.29, 1.82) is 0 Å².